The number of rotatable bonds is 17. The molecule has 23 heavy (non-hydrogen) atoms. The Kier molecular flexibility index (Phi) is 18.6. The van der Waals surface area contributed by atoms with E-state index in [0.717, 1.165) is 38.6 Å². The molecule has 0 spiro atoms. The fourth-order valence-corrected chi connectivity index (χ4v) is 2.32. The third kappa shape index (κ3) is 19.1. The van der Waals surface area contributed by atoms with Crippen molar-refractivity contribution in [1.82, 2.24) is 5.32 Å². The number of aliphatic hydroxyl groups excluding tert-OH is 1. The molecular formula is C18H37NO4. The normalized spacial score (nSPS) is 10.7. The second-order valence-corrected chi connectivity index (χ2v) is 5.96. The molecule has 0 atom stereocenters. The second-order valence-electron chi connectivity index (χ2n) is 5.96. The van der Waals surface area contributed by atoms with Gasteiger partial charge in [-0.1, -0.05) is 51.9 Å². The third-order valence-corrected chi connectivity index (χ3v) is 3.72. The first-order valence-corrected chi connectivity index (χ1v) is 9.42. The predicted octanol–water partition coefficient (Wildman–Crippen LogP) is 4.03. The quantitative estimate of drug-likeness (QED) is 0.311. The fraction of sp³-hybridized carbons (Fsp3) is 0.944. The second kappa shape index (κ2) is 19.2. The van der Waals surface area contributed by atoms with Gasteiger partial charge in [0.25, 0.3) is 0 Å². The lowest BCUT2D eigenvalue weighted by molar-refractivity contribution is 0.0529. The Bertz CT molecular complexity index is 249. The molecule has 0 aromatic heterocycles. The molecule has 0 bridgehead atoms. The lowest BCUT2D eigenvalue weighted by Gasteiger charge is -2.06. The highest BCUT2D eigenvalue weighted by Crippen LogP contribution is 2.08. The molecule has 138 valence electrons. The average Bonchev–Trinajstić information content (AvgIpc) is 2.56. The number of unbranched alkanes of at least 4 members (excludes halogenated alkanes) is 9. The summed E-state index contributed by atoms with van der Waals surface area (Å²) >= 11 is 0. The highest BCUT2D eigenvalue weighted by atomic mass is 16.7. The van der Waals surface area contributed by atoms with E-state index in [1.165, 1.54) is 38.5 Å². The zero-order valence-electron chi connectivity index (χ0n) is 15.0. The first kappa shape index (κ1) is 22.2. The van der Waals surface area contributed by atoms with Crippen LogP contribution >= 0.6 is 0 Å². The molecule has 0 fully saturated rings. The lowest BCUT2D eigenvalue weighted by Crippen LogP contribution is -2.19. The van der Waals surface area contributed by atoms with E-state index in [-0.39, 0.29) is 6.61 Å². The predicted molar refractivity (Wildman–Crippen MR) is 93.7 cm³/mol. The van der Waals surface area contributed by atoms with Gasteiger partial charge in [-0.25, -0.2) is 4.79 Å². The van der Waals surface area contributed by atoms with Crippen molar-refractivity contribution in [2.45, 2.75) is 77.6 Å². The van der Waals surface area contributed by atoms with Gasteiger partial charge in [0, 0.05) is 6.54 Å². The van der Waals surface area contributed by atoms with Gasteiger partial charge in [-0.3, -0.25) is 0 Å². The van der Waals surface area contributed by atoms with Crippen LogP contribution in [0.3, 0.4) is 0 Å². The Balaban J connectivity index is 3.13. The van der Waals surface area contributed by atoms with E-state index in [1.807, 2.05) is 0 Å². The van der Waals surface area contributed by atoms with Crippen LogP contribution in [-0.4, -0.2) is 44.2 Å². The minimum Gasteiger partial charge on any atom is -0.434 e. The molecule has 0 aliphatic carbocycles. The van der Waals surface area contributed by atoms with Crippen LogP contribution in [0, 0.1) is 0 Å². The summed E-state index contributed by atoms with van der Waals surface area (Å²) in [5.41, 5.74) is 0. The van der Waals surface area contributed by atoms with E-state index in [1.54, 1.807) is 0 Å². The number of carbonyl (C=O) groups excluding carboxylic acids is 1. The first-order chi connectivity index (χ1) is 11.3. The molecule has 5 heteroatoms. The summed E-state index contributed by atoms with van der Waals surface area (Å²) < 4.78 is 10.1. The molecule has 0 saturated heterocycles. The van der Waals surface area contributed by atoms with Crippen LogP contribution in [0.15, 0.2) is 0 Å². The van der Waals surface area contributed by atoms with Crippen LogP contribution in [-0.2, 0) is 9.47 Å². The Morgan fingerprint density at radius 2 is 1.30 bits per heavy atom. The molecule has 0 rings (SSSR count). The Labute approximate surface area is 142 Å². The van der Waals surface area contributed by atoms with E-state index in [9.17, 15) is 4.79 Å². The molecular weight excluding hydrogens is 294 g/mol. The number of aliphatic hydroxyl groups is 1. The molecule has 0 amide bonds. The molecule has 0 aliphatic heterocycles. The molecule has 0 unspecified atom stereocenters. The Morgan fingerprint density at radius 1 is 0.783 bits per heavy atom. The van der Waals surface area contributed by atoms with Gasteiger partial charge in [-0.05, 0) is 32.2 Å². The van der Waals surface area contributed by atoms with Gasteiger partial charge in [0.2, 0.25) is 0 Å². The van der Waals surface area contributed by atoms with Gasteiger partial charge in [0.1, 0.15) is 0 Å². The molecule has 0 aliphatic rings. The summed E-state index contributed by atoms with van der Waals surface area (Å²) in [6.07, 6.45) is 12.2. The van der Waals surface area contributed by atoms with Gasteiger partial charge >= 0.3 is 6.16 Å². The number of carbonyl (C=O) groups is 1. The number of hydrogen-bond acceptors (Lipinski definition) is 5. The topological polar surface area (TPSA) is 67.8 Å². The van der Waals surface area contributed by atoms with Crippen molar-refractivity contribution >= 4 is 6.16 Å². The van der Waals surface area contributed by atoms with Crippen molar-refractivity contribution < 1.29 is 19.4 Å². The SMILES string of the molecule is CCCCCCCCCCOC(=O)OCCCCCNCCO. The molecule has 2 N–H and O–H groups in total. The monoisotopic (exact) mass is 331 g/mol. The van der Waals surface area contributed by atoms with E-state index < -0.39 is 6.16 Å². The highest BCUT2D eigenvalue weighted by molar-refractivity contribution is 5.59. The third-order valence-electron chi connectivity index (χ3n) is 3.72. The number of ether oxygens (including phenoxy) is 2. The fourth-order valence-electron chi connectivity index (χ4n) is 2.32. The van der Waals surface area contributed by atoms with E-state index in [2.05, 4.69) is 12.2 Å². The number of hydrogen-bond donors (Lipinski definition) is 2. The van der Waals surface area contributed by atoms with Crippen LogP contribution < -0.4 is 5.32 Å². The average molecular weight is 331 g/mol. The minimum absolute atomic E-state index is 0.174. The van der Waals surface area contributed by atoms with Crippen LogP contribution in [0.4, 0.5) is 4.79 Å². The summed E-state index contributed by atoms with van der Waals surface area (Å²) in [6, 6.07) is 0. The summed E-state index contributed by atoms with van der Waals surface area (Å²) in [4.78, 5) is 11.3. The number of nitrogens with one attached hydrogen (secondary N) is 1. The summed E-state index contributed by atoms with van der Waals surface area (Å²) in [5, 5.41) is 11.7. The van der Waals surface area contributed by atoms with Crippen molar-refractivity contribution in [2.75, 3.05) is 32.9 Å². The Morgan fingerprint density at radius 3 is 1.87 bits per heavy atom. The van der Waals surface area contributed by atoms with Crippen LogP contribution in [0.5, 0.6) is 0 Å². The van der Waals surface area contributed by atoms with Gasteiger partial charge in [0.05, 0.1) is 19.8 Å². The maximum Gasteiger partial charge on any atom is 0.508 e. The van der Waals surface area contributed by atoms with Gasteiger partial charge in [-0.15, -0.1) is 0 Å². The maximum atomic E-state index is 11.3. The van der Waals surface area contributed by atoms with Crippen LogP contribution in [0.1, 0.15) is 77.6 Å². The van der Waals surface area contributed by atoms with Crippen molar-refractivity contribution in [3.8, 4) is 0 Å². The molecule has 0 saturated carbocycles. The van der Waals surface area contributed by atoms with Crippen molar-refractivity contribution in [3.05, 3.63) is 0 Å². The standard InChI is InChI=1S/C18H37NO4/c1-2-3-4-5-6-7-8-11-16-22-18(21)23-17-12-9-10-13-19-14-15-20/h19-20H,2-17H2,1H3. The van der Waals surface area contributed by atoms with Crippen LogP contribution in [0.2, 0.25) is 0 Å². The Hall–Kier alpha value is -0.810. The molecule has 0 heterocycles. The van der Waals surface area contributed by atoms with Crippen LogP contribution in [0.25, 0.3) is 0 Å². The first-order valence-electron chi connectivity index (χ1n) is 9.42. The summed E-state index contributed by atoms with van der Waals surface area (Å²) in [7, 11) is 0. The van der Waals surface area contributed by atoms with E-state index in [4.69, 9.17) is 14.6 Å². The highest BCUT2D eigenvalue weighted by Gasteiger charge is 2.02. The molecule has 0 aromatic carbocycles. The zero-order chi connectivity index (χ0) is 17.0. The summed E-state index contributed by atoms with van der Waals surface area (Å²) in [6.45, 7) is 4.83. The van der Waals surface area contributed by atoms with Crippen molar-refractivity contribution in [2.24, 2.45) is 0 Å². The van der Waals surface area contributed by atoms with E-state index in [0.29, 0.717) is 19.8 Å². The zero-order valence-corrected chi connectivity index (χ0v) is 15.0. The van der Waals surface area contributed by atoms with E-state index >= 15 is 0 Å². The minimum atomic E-state index is -0.536. The van der Waals surface area contributed by atoms with Gasteiger partial charge in [0.15, 0.2) is 0 Å². The molecule has 0 aromatic rings. The lowest BCUT2D eigenvalue weighted by atomic mass is 10.1. The van der Waals surface area contributed by atoms with Gasteiger partial charge in [-0.2, -0.15) is 0 Å². The van der Waals surface area contributed by atoms with Gasteiger partial charge < -0.3 is 19.9 Å². The largest absolute Gasteiger partial charge is 0.508 e. The molecule has 5 nitrogen and oxygen atoms in total. The maximum absolute atomic E-state index is 11.3. The molecule has 0 radical (unpaired) electrons. The van der Waals surface area contributed by atoms with Crippen molar-refractivity contribution in [3.63, 3.8) is 0 Å². The van der Waals surface area contributed by atoms with Crippen molar-refractivity contribution in [1.29, 1.82) is 0 Å². The summed E-state index contributed by atoms with van der Waals surface area (Å²) in [5.74, 6) is 0. The smallest absolute Gasteiger partial charge is 0.434 e.